The zero-order valence-electron chi connectivity index (χ0n) is 11.6. The van der Waals surface area contributed by atoms with E-state index in [1.807, 2.05) is 0 Å². The van der Waals surface area contributed by atoms with E-state index in [1.54, 1.807) is 0 Å². The summed E-state index contributed by atoms with van der Waals surface area (Å²) in [7, 11) is 0. The van der Waals surface area contributed by atoms with Crippen LogP contribution >= 0.6 is 0 Å². The Hall–Kier alpha value is -1.55. The zero-order valence-corrected chi connectivity index (χ0v) is 11.6. The van der Waals surface area contributed by atoms with Gasteiger partial charge in [-0.2, -0.15) is 0 Å². The largest absolute Gasteiger partial charge is 0.441 e. The quantitative estimate of drug-likeness (QED) is 0.846. The van der Waals surface area contributed by atoms with Gasteiger partial charge < -0.3 is 10.1 Å². The van der Waals surface area contributed by atoms with Gasteiger partial charge in [-0.1, -0.05) is 24.3 Å². The lowest BCUT2D eigenvalue weighted by atomic mass is 9.90. The van der Waals surface area contributed by atoms with E-state index < -0.39 is 0 Å². The Morgan fingerprint density at radius 3 is 2.35 bits per heavy atom. The second-order valence-corrected chi connectivity index (χ2v) is 6.29. The fourth-order valence-electron chi connectivity index (χ4n) is 3.87. The van der Waals surface area contributed by atoms with Crippen LogP contribution in [-0.2, 0) is 17.6 Å². The van der Waals surface area contributed by atoms with Gasteiger partial charge in [0.1, 0.15) is 5.60 Å². The number of benzene rings is 1. The fraction of sp³-hybridized carbons (Fsp3) is 0.562. The second-order valence-electron chi connectivity index (χ2n) is 6.29. The highest BCUT2D eigenvalue weighted by Crippen LogP contribution is 2.33. The highest BCUT2D eigenvalue weighted by Gasteiger charge is 2.44. The number of alkyl carbamates (subject to hydrolysis) is 1. The van der Waals surface area contributed by atoms with Crippen LogP contribution in [0.1, 0.15) is 24.0 Å². The smallest absolute Gasteiger partial charge is 0.407 e. The number of hydrogen-bond donors (Lipinski definition) is 1. The Bertz CT molecular complexity index is 510. The molecule has 2 aliphatic heterocycles. The number of hydrogen-bond acceptors (Lipinski definition) is 3. The minimum Gasteiger partial charge on any atom is -0.441 e. The Balaban J connectivity index is 1.40. The molecule has 0 atom stereocenters. The summed E-state index contributed by atoms with van der Waals surface area (Å²) in [6.45, 7) is 2.76. The van der Waals surface area contributed by atoms with Gasteiger partial charge in [0.25, 0.3) is 0 Å². The van der Waals surface area contributed by atoms with Gasteiger partial charge in [0.2, 0.25) is 0 Å². The first-order valence-corrected chi connectivity index (χ1v) is 7.52. The van der Waals surface area contributed by atoms with E-state index in [4.69, 9.17) is 4.74 Å². The van der Waals surface area contributed by atoms with Gasteiger partial charge in [-0.25, -0.2) is 4.79 Å². The minimum atomic E-state index is -0.244. The number of piperidine rings is 1. The number of carbonyl (C=O) groups is 1. The number of ether oxygens (including phenoxy) is 1. The number of carbonyl (C=O) groups excluding carboxylic acids is 1. The molecule has 2 heterocycles. The maximum absolute atomic E-state index is 11.3. The van der Waals surface area contributed by atoms with Gasteiger partial charge in [-0.05, 0) is 24.0 Å². The second kappa shape index (κ2) is 4.48. The van der Waals surface area contributed by atoms with E-state index in [0.717, 1.165) is 25.9 Å². The molecule has 0 radical (unpaired) electrons. The number of nitrogens with one attached hydrogen (secondary N) is 1. The summed E-state index contributed by atoms with van der Waals surface area (Å²) >= 11 is 0. The van der Waals surface area contributed by atoms with Crippen LogP contribution in [0.15, 0.2) is 24.3 Å². The maximum atomic E-state index is 11.3. The first-order chi connectivity index (χ1) is 9.74. The van der Waals surface area contributed by atoms with Gasteiger partial charge >= 0.3 is 6.09 Å². The van der Waals surface area contributed by atoms with Crippen molar-refractivity contribution in [1.82, 2.24) is 10.2 Å². The SMILES string of the molecule is O=C1NCC2(CCN(C3Cc4ccccc4C3)CC2)O1. The molecule has 1 N–H and O–H groups in total. The average Bonchev–Trinajstić information content (AvgIpc) is 3.04. The van der Waals surface area contributed by atoms with Crippen LogP contribution < -0.4 is 5.32 Å². The van der Waals surface area contributed by atoms with Crippen LogP contribution in [0.25, 0.3) is 0 Å². The molecule has 0 saturated carbocycles. The average molecular weight is 272 g/mol. The molecule has 1 aliphatic carbocycles. The highest BCUT2D eigenvalue weighted by molar-refractivity contribution is 5.70. The first-order valence-electron chi connectivity index (χ1n) is 7.52. The van der Waals surface area contributed by atoms with Crippen molar-refractivity contribution in [2.24, 2.45) is 0 Å². The van der Waals surface area contributed by atoms with Crippen LogP contribution in [0.3, 0.4) is 0 Å². The van der Waals surface area contributed by atoms with E-state index in [1.165, 1.54) is 24.0 Å². The molecular weight excluding hydrogens is 252 g/mol. The number of nitrogens with zero attached hydrogens (tertiary/aromatic N) is 1. The standard InChI is InChI=1S/C16H20N2O2/c19-15-17-11-16(20-15)5-7-18(8-6-16)14-9-12-3-1-2-4-13(12)10-14/h1-4,14H,5-11H2,(H,17,19). The summed E-state index contributed by atoms with van der Waals surface area (Å²) in [6, 6.07) is 9.41. The van der Waals surface area contributed by atoms with E-state index in [2.05, 4.69) is 34.5 Å². The van der Waals surface area contributed by atoms with Crippen molar-refractivity contribution in [2.45, 2.75) is 37.3 Å². The molecule has 4 nitrogen and oxygen atoms in total. The molecule has 2 saturated heterocycles. The fourth-order valence-corrected chi connectivity index (χ4v) is 3.87. The van der Waals surface area contributed by atoms with Crippen LogP contribution in [0.4, 0.5) is 4.79 Å². The molecule has 1 aromatic carbocycles. The molecule has 1 aromatic rings. The van der Waals surface area contributed by atoms with Crippen LogP contribution in [0, 0.1) is 0 Å². The number of fused-ring (bicyclic) bond motifs is 1. The summed E-state index contributed by atoms with van der Waals surface area (Å²) in [5, 5.41) is 2.80. The Labute approximate surface area is 119 Å². The maximum Gasteiger partial charge on any atom is 0.407 e. The topological polar surface area (TPSA) is 41.6 Å². The minimum absolute atomic E-state index is 0.223. The molecule has 20 heavy (non-hydrogen) atoms. The molecule has 0 bridgehead atoms. The molecule has 4 heteroatoms. The third kappa shape index (κ3) is 1.99. The van der Waals surface area contributed by atoms with Crippen LogP contribution in [0.5, 0.6) is 0 Å². The lowest BCUT2D eigenvalue weighted by molar-refractivity contribution is -0.00876. The van der Waals surface area contributed by atoms with Crippen molar-refractivity contribution in [3.63, 3.8) is 0 Å². The summed E-state index contributed by atoms with van der Waals surface area (Å²) in [5.41, 5.74) is 2.79. The van der Waals surface area contributed by atoms with E-state index in [-0.39, 0.29) is 11.7 Å². The van der Waals surface area contributed by atoms with E-state index in [9.17, 15) is 4.79 Å². The van der Waals surface area contributed by atoms with Crippen LogP contribution in [0.2, 0.25) is 0 Å². The molecular formula is C16H20N2O2. The molecule has 106 valence electrons. The van der Waals surface area contributed by atoms with Crippen molar-refractivity contribution < 1.29 is 9.53 Å². The number of amides is 1. The summed E-state index contributed by atoms with van der Waals surface area (Å²) in [5.74, 6) is 0. The zero-order chi connectivity index (χ0) is 13.6. The van der Waals surface area contributed by atoms with Gasteiger partial charge in [-0.3, -0.25) is 4.90 Å². The predicted molar refractivity (Wildman–Crippen MR) is 75.7 cm³/mol. The lowest BCUT2D eigenvalue weighted by Crippen LogP contribution is -2.50. The first kappa shape index (κ1) is 12.2. The number of rotatable bonds is 1. The normalized spacial score (nSPS) is 25.5. The molecule has 1 spiro atoms. The van der Waals surface area contributed by atoms with Crippen molar-refractivity contribution in [2.75, 3.05) is 19.6 Å². The van der Waals surface area contributed by atoms with Crippen molar-refractivity contribution in [3.05, 3.63) is 35.4 Å². The van der Waals surface area contributed by atoms with Gasteiger partial charge in [-0.15, -0.1) is 0 Å². The van der Waals surface area contributed by atoms with E-state index in [0.29, 0.717) is 12.6 Å². The van der Waals surface area contributed by atoms with Crippen molar-refractivity contribution >= 4 is 6.09 Å². The van der Waals surface area contributed by atoms with Crippen molar-refractivity contribution in [1.29, 1.82) is 0 Å². The molecule has 4 rings (SSSR count). The monoisotopic (exact) mass is 272 g/mol. The summed E-state index contributed by atoms with van der Waals surface area (Å²) in [6.07, 6.45) is 4.01. The highest BCUT2D eigenvalue weighted by atomic mass is 16.6. The summed E-state index contributed by atoms with van der Waals surface area (Å²) in [4.78, 5) is 13.8. The number of likely N-dealkylation sites (tertiary alicyclic amines) is 1. The predicted octanol–water partition coefficient (Wildman–Crippen LogP) is 1.73. The van der Waals surface area contributed by atoms with E-state index >= 15 is 0 Å². The summed E-state index contributed by atoms with van der Waals surface area (Å²) < 4.78 is 5.49. The van der Waals surface area contributed by atoms with Gasteiger partial charge in [0, 0.05) is 32.0 Å². The molecule has 0 aromatic heterocycles. The Morgan fingerprint density at radius 1 is 1.15 bits per heavy atom. The lowest BCUT2D eigenvalue weighted by Gasteiger charge is -2.40. The van der Waals surface area contributed by atoms with Gasteiger partial charge in [0.05, 0.1) is 6.54 Å². The van der Waals surface area contributed by atoms with Crippen molar-refractivity contribution in [3.8, 4) is 0 Å². The molecule has 3 aliphatic rings. The molecule has 0 unspecified atom stereocenters. The third-order valence-corrected chi connectivity index (χ3v) is 5.12. The Morgan fingerprint density at radius 2 is 1.80 bits per heavy atom. The third-order valence-electron chi connectivity index (χ3n) is 5.12. The molecule has 1 amide bonds. The van der Waals surface area contributed by atoms with Crippen LogP contribution in [-0.4, -0.2) is 42.3 Å². The van der Waals surface area contributed by atoms with Gasteiger partial charge in [0.15, 0.2) is 0 Å². The Kier molecular flexibility index (Phi) is 2.74. The molecule has 2 fully saturated rings.